The summed E-state index contributed by atoms with van der Waals surface area (Å²) >= 11 is 0. The van der Waals surface area contributed by atoms with Crippen molar-refractivity contribution in [2.24, 2.45) is 0 Å². The lowest BCUT2D eigenvalue weighted by Gasteiger charge is -2.02. The van der Waals surface area contributed by atoms with E-state index in [1.54, 1.807) is 24.3 Å². The van der Waals surface area contributed by atoms with Gasteiger partial charge in [0.15, 0.2) is 0 Å². The molecule has 0 fully saturated rings. The van der Waals surface area contributed by atoms with E-state index < -0.39 is 0 Å². The number of hydrogen-bond acceptors (Lipinski definition) is 2. The van der Waals surface area contributed by atoms with Crippen LogP contribution in [0.5, 0.6) is 11.5 Å². The van der Waals surface area contributed by atoms with Crippen LogP contribution in [-0.4, -0.2) is 10.2 Å². The topological polar surface area (TPSA) is 40.5 Å². The van der Waals surface area contributed by atoms with E-state index in [-0.39, 0.29) is 11.5 Å². The Bertz CT molecular complexity index is 545. The molecular formula is C16H16O2. The summed E-state index contributed by atoms with van der Waals surface area (Å²) in [6.07, 6.45) is 3.58. The molecule has 92 valence electrons. The van der Waals surface area contributed by atoms with Crippen molar-refractivity contribution in [3.8, 4) is 11.5 Å². The number of aromatic hydroxyl groups is 2. The van der Waals surface area contributed by atoms with E-state index in [1.165, 1.54) is 0 Å². The van der Waals surface area contributed by atoms with Crippen molar-refractivity contribution < 1.29 is 10.2 Å². The smallest absolute Gasteiger partial charge is 0.123 e. The molecule has 0 radical (unpaired) electrons. The first-order valence-electron chi connectivity index (χ1n) is 5.83. The molecule has 18 heavy (non-hydrogen) atoms. The third-order valence-electron chi connectivity index (χ3n) is 2.81. The lowest BCUT2D eigenvalue weighted by Crippen LogP contribution is -1.79. The maximum atomic E-state index is 9.77. The summed E-state index contributed by atoms with van der Waals surface area (Å²) in [7, 11) is 0. The van der Waals surface area contributed by atoms with Gasteiger partial charge in [-0.1, -0.05) is 36.4 Å². The lowest BCUT2D eigenvalue weighted by molar-refractivity contribution is 0.472. The normalized spacial score (nSPS) is 11.0. The Morgan fingerprint density at radius 3 is 1.44 bits per heavy atom. The highest BCUT2D eigenvalue weighted by atomic mass is 16.3. The second-order valence-electron chi connectivity index (χ2n) is 4.46. The van der Waals surface area contributed by atoms with Gasteiger partial charge in [-0.05, 0) is 37.1 Å². The van der Waals surface area contributed by atoms with Crippen LogP contribution < -0.4 is 0 Å². The summed E-state index contributed by atoms with van der Waals surface area (Å²) in [6.45, 7) is 3.86. The quantitative estimate of drug-likeness (QED) is 0.782. The Kier molecular flexibility index (Phi) is 3.38. The van der Waals surface area contributed by atoms with Gasteiger partial charge in [-0.3, -0.25) is 0 Å². The molecule has 0 saturated carbocycles. The van der Waals surface area contributed by atoms with E-state index in [1.807, 2.05) is 38.1 Å². The maximum Gasteiger partial charge on any atom is 0.123 e. The molecule has 0 bridgehead atoms. The summed E-state index contributed by atoms with van der Waals surface area (Å²) < 4.78 is 0. The van der Waals surface area contributed by atoms with Crippen LogP contribution >= 0.6 is 0 Å². The molecule has 0 aliphatic carbocycles. The minimum Gasteiger partial charge on any atom is -0.507 e. The fourth-order valence-electron chi connectivity index (χ4n) is 1.77. The fraction of sp³-hybridized carbons (Fsp3) is 0.125. The van der Waals surface area contributed by atoms with Gasteiger partial charge < -0.3 is 10.2 Å². The third-order valence-corrected chi connectivity index (χ3v) is 2.81. The van der Waals surface area contributed by atoms with Gasteiger partial charge in [-0.2, -0.15) is 0 Å². The summed E-state index contributed by atoms with van der Waals surface area (Å²) in [6, 6.07) is 11.0. The van der Waals surface area contributed by atoms with Gasteiger partial charge in [0, 0.05) is 11.1 Å². The van der Waals surface area contributed by atoms with Crippen LogP contribution in [0.25, 0.3) is 12.2 Å². The van der Waals surface area contributed by atoms with Gasteiger partial charge in [0.05, 0.1) is 0 Å². The van der Waals surface area contributed by atoms with Crippen LogP contribution in [0.3, 0.4) is 0 Å². The van der Waals surface area contributed by atoms with Gasteiger partial charge >= 0.3 is 0 Å². The summed E-state index contributed by atoms with van der Waals surface area (Å²) in [5.41, 5.74) is 3.51. The van der Waals surface area contributed by atoms with Crippen LogP contribution in [0, 0.1) is 13.8 Å². The summed E-state index contributed by atoms with van der Waals surface area (Å²) in [5.74, 6) is 0.496. The van der Waals surface area contributed by atoms with Crippen molar-refractivity contribution in [1.29, 1.82) is 0 Å². The van der Waals surface area contributed by atoms with Gasteiger partial charge in [-0.15, -0.1) is 0 Å². The largest absolute Gasteiger partial charge is 0.507 e. The summed E-state index contributed by atoms with van der Waals surface area (Å²) in [4.78, 5) is 0. The standard InChI is InChI=1S/C16H16O2/c1-11-3-5-13(15(17)9-11)7-8-14-6-4-12(2)10-16(14)18/h3-10,17-18H,1-2H3/b8-7+. The Hall–Kier alpha value is -2.22. The molecular weight excluding hydrogens is 224 g/mol. The van der Waals surface area contributed by atoms with E-state index >= 15 is 0 Å². The molecule has 0 amide bonds. The van der Waals surface area contributed by atoms with Gasteiger partial charge in [-0.25, -0.2) is 0 Å². The second-order valence-corrected chi connectivity index (χ2v) is 4.46. The molecule has 2 rings (SSSR count). The number of rotatable bonds is 2. The monoisotopic (exact) mass is 240 g/mol. The molecule has 0 unspecified atom stereocenters. The van der Waals surface area contributed by atoms with Crippen molar-refractivity contribution in [2.75, 3.05) is 0 Å². The molecule has 2 nitrogen and oxygen atoms in total. The first kappa shape index (κ1) is 12.2. The minimum atomic E-state index is 0.248. The Morgan fingerprint density at radius 1 is 0.722 bits per heavy atom. The zero-order valence-corrected chi connectivity index (χ0v) is 10.5. The van der Waals surface area contributed by atoms with Crippen molar-refractivity contribution in [3.63, 3.8) is 0 Å². The molecule has 0 saturated heterocycles. The molecule has 2 N–H and O–H groups in total. The molecule has 2 heteroatoms. The molecule has 0 spiro atoms. The lowest BCUT2D eigenvalue weighted by atomic mass is 10.1. The Labute approximate surface area is 107 Å². The van der Waals surface area contributed by atoms with Crippen LogP contribution in [0.2, 0.25) is 0 Å². The van der Waals surface area contributed by atoms with Gasteiger partial charge in [0.25, 0.3) is 0 Å². The predicted molar refractivity (Wildman–Crippen MR) is 74.6 cm³/mol. The Balaban J connectivity index is 2.30. The highest BCUT2D eigenvalue weighted by Crippen LogP contribution is 2.24. The predicted octanol–water partition coefficient (Wildman–Crippen LogP) is 3.89. The molecule has 0 aromatic heterocycles. The second kappa shape index (κ2) is 4.96. The van der Waals surface area contributed by atoms with E-state index in [0.29, 0.717) is 0 Å². The van der Waals surface area contributed by atoms with Gasteiger partial charge in [0.2, 0.25) is 0 Å². The third kappa shape index (κ3) is 2.72. The fourth-order valence-corrected chi connectivity index (χ4v) is 1.77. The Morgan fingerprint density at radius 2 is 1.11 bits per heavy atom. The molecule has 0 atom stereocenters. The van der Waals surface area contributed by atoms with Crippen LogP contribution in [0.4, 0.5) is 0 Å². The molecule has 0 aliphatic rings. The van der Waals surface area contributed by atoms with Crippen LogP contribution in [0.15, 0.2) is 36.4 Å². The number of phenolic OH excluding ortho intramolecular Hbond substituents is 2. The van der Waals surface area contributed by atoms with E-state index in [4.69, 9.17) is 0 Å². The number of phenols is 2. The maximum absolute atomic E-state index is 9.77. The highest BCUT2D eigenvalue weighted by Gasteiger charge is 1.99. The van der Waals surface area contributed by atoms with E-state index in [9.17, 15) is 10.2 Å². The minimum absolute atomic E-state index is 0.248. The zero-order valence-electron chi connectivity index (χ0n) is 10.5. The zero-order chi connectivity index (χ0) is 13.1. The van der Waals surface area contributed by atoms with Gasteiger partial charge in [0.1, 0.15) is 11.5 Å². The average Bonchev–Trinajstić information content (AvgIpc) is 2.30. The molecule has 0 heterocycles. The molecule has 2 aromatic carbocycles. The van der Waals surface area contributed by atoms with Crippen LogP contribution in [0.1, 0.15) is 22.3 Å². The SMILES string of the molecule is Cc1ccc(/C=C/c2ccc(C)cc2O)c(O)c1. The highest BCUT2D eigenvalue weighted by molar-refractivity contribution is 5.74. The van der Waals surface area contributed by atoms with Crippen LogP contribution in [-0.2, 0) is 0 Å². The van der Waals surface area contributed by atoms with E-state index in [0.717, 1.165) is 22.3 Å². The number of hydrogen-bond donors (Lipinski definition) is 2. The van der Waals surface area contributed by atoms with Crippen molar-refractivity contribution >= 4 is 12.2 Å². The summed E-state index contributed by atoms with van der Waals surface area (Å²) in [5, 5.41) is 19.5. The molecule has 0 aliphatic heterocycles. The first-order valence-corrected chi connectivity index (χ1v) is 5.83. The molecule has 2 aromatic rings. The first-order chi connectivity index (χ1) is 8.56. The number of aryl methyl sites for hydroxylation is 2. The number of benzene rings is 2. The van der Waals surface area contributed by atoms with Crippen molar-refractivity contribution in [3.05, 3.63) is 58.7 Å². The van der Waals surface area contributed by atoms with Crippen molar-refractivity contribution in [2.45, 2.75) is 13.8 Å². The average molecular weight is 240 g/mol. The van der Waals surface area contributed by atoms with E-state index in [2.05, 4.69) is 0 Å². The van der Waals surface area contributed by atoms with Crippen molar-refractivity contribution in [1.82, 2.24) is 0 Å².